The Labute approximate surface area is 237 Å². The van der Waals surface area contributed by atoms with Gasteiger partial charge in [0.25, 0.3) is 15.7 Å². The van der Waals surface area contributed by atoms with Crippen molar-refractivity contribution in [2.45, 2.75) is 24.7 Å². The molecule has 0 atom stereocenters. The van der Waals surface area contributed by atoms with Gasteiger partial charge in [-0.2, -0.15) is 10.2 Å². The van der Waals surface area contributed by atoms with Gasteiger partial charge in [-0.1, -0.05) is 30.3 Å². The van der Waals surface area contributed by atoms with Crippen LogP contribution in [0.15, 0.2) is 82.8 Å². The summed E-state index contributed by atoms with van der Waals surface area (Å²) < 4.78 is 35.5. The molecule has 3 aromatic carbocycles. The number of sulfonamides is 1. The predicted octanol–water partition coefficient (Wildman–Crippen LogP) is 4.94. The highest BCUT2D eigenvalue weighted by atomic mass is 32.2. The normalized spacial score (nSPS) is 13.5. The fourth-order valence-corrected chi connectivity index (χ4v) is 5.77. The molecular weight excluding hydrogens is 546 g/mol. The minimum Gasteiger partial charge on any atom is -0.495 e. The van der Waals surface area contributed by atoms with E-state index in [4.69, 9.17) is 9.84 Å². The predicted molar refractivity (Wildman–Crippen MR) is 158 cm³/mol. The van der Waals surface area contributed by atoms with E-state index in [1.807, 2.05) is 41.9 Å². The van der Waals surface area contributed by atoms with Crippen molar-refractivity contribution in [2.75, 3.05) is 35.2 Å². The quantitative estimate of drug-likeness (QED) is 0.154. The number of nitrogens with one attached hydrogen (secondary N) is 2. The Bertz CT molecular complexity index is 1700. The summed E-state index contributed by atoms with van der Waals surface area (Å²) in [7, 11) is -2.73. The maximum absolute atomic E-state index is 13.0. The number of benzene rings is 3. The summed E-state index contributed by atoms with van der Waals surface area (Å²) in [4.78, 5) is 13.2. The van der Waals surface area contributed by atoms with Crippen molar-refractivity contribution in [1.29, 1.82) is 0 Å². The number of aryl methyl sites for hydroxylation is 1. The first-order valence-electron chi connectivity index (χ1n) is 12.9. The van der Waals surface area contributed by atoms with Gasteiger partial charge in [0.1, 0.15) is 17.3 Å². The lowest BCUT2D eigenvalue weighted by Gasteiger charge is -2.20. The number of hydrogen-bond donors (Lipinski definition) is 2. The van der Waals surface area contributed by atoms with Crippen molar-refractivity contribution in [3.05, 3.63) is 94.2 Å². The van der Waals surface area contributed by atoms with Gasteiger partial charge in [-0.3, -0.25) is 20.3 Å². The first-order chi connectivity index (χ1) is 19.8. The van der Waals surface area contributed by atoms with Crippen molar-refractivity contribution < 1.29 is 18.1 Å². The van der Waals surface area contributed by atoms with Crippen LogP contribution in [0.2, 0.25) is 0 Å². The summed E-state index contributed by atoms with van der Waals surface area (Å²) in [6.45, 7) is 3.66. The number of hydrazone groups is 1. The van der Waals surface area contributed by atoms with Gasteiger partial charge >= 0.3 is 0 Å². The maximum Gasteiger partial charge on any atom is 0.295 e. The Kier molecular flexibility index (Phi) is 7.88. The Balaban J connectivity index is 1.43. The smallest absolute Gasteiger partial charge is 0.295 e. The number of aromatic nitrogens is 2. The molecule has 0 spiro atoms. The zero-order valence-electron chi connectivity index (χ0n) is 22.5. The molecule has 0 aliphatic carbocycles. The molecule has 1 aromatic heterocycles. The van der Waals surface area contributed by atoms with Gasteiger partial charge in [0.05, 0.1) is 45.8 Å². The number of para-hydroxylation sites is 3. The van der Waals surface area contributed by atoms with E-state index in [1.54, 1.807) is 24.4 Å². The van der Waals surface area contributed by atoms with Gasteiger partial charge < -0.3 is 9.64 Å². The molecule has 13 heteroatoms. The second kappa shape index (κ2) is 11.7. The average Bonchev–Trinajstić information content (AvgIpc) is 3.61. The summed E-state index contributed by atoms with van der Waals surface area (Å²) in [5.74, 6) is 1.22. The lowest BCUT2D eigenvalue weighted by Crippen LogP contribution is -2.22. The summed E-state index contributed by atoms with van der Waals surface area (Å²) in [5.41, 5.74) is 4.98. The number of nitrogens with zero attached hydrogens (tertiary/aromatic N) is 5. The van der Waals surface area contributed by atoms with E-state index in [2.05, 4.69) is 20.1 Å². The van der Waals surface area contributed by atoms with Crippen molar-refractivity contribution in [3.8, 4) is 11.4 Å². The molecule has 12 nitrogen and oxygen atoms in total. The first kappa shape index (κ1) is 27.6. The monoisotopic (exact) mass is 575 g/mol. The van der Waals surface area contributed by atoms with Crippen LogP contribution >= 0.6 is 0 Å². The molecule has 5 rings (SSSR count). The van der Waals surface area contributed by atoms with Crippen LogP contribution in [0.3, 0.4) is 0 Å². The molecule has 0 saturated carbocycles. The highest BCUT2D eigenvalue weighted by molar-refractivity contribution is 7.92. The van der Waals surface area contributed by atoms with E-state index < -0.39 is 20.6 Å². The summed E-state index contributed by atoms with van der Waals surface area (Å²) >= 11 is 0. The molecule has 212 valence electrons. The molecule has 2 N–H and O–H groups in total. The number of methoxy groups -OCH3 is 1. The number of hydrogen-bond acceptors (Lipinski definition) is 9. The van der Waals surface area contributed by atoms with Crippen molar-refractivity contribution >= 4 is 39.1 Å². The van der Waals surface area contributed by atoms with Gasteiger partial charge in [0, 0.05) is 19.2 Å². The third-order valence-electron chi connectivity index (χ3n) is 6.69. The fourth-order valence-electron chi connectivity index (χ4n) is 4.68. The standard InChI is InChI=1S/C28H29N7O5S/c1-20-23(28(33-16-8-9-17-33)34(31-20)21-10-4-3-5-11-21)19-29-30-24-15-14-22(18-26(24)35(36)37)41(38,39)32-25-12-6-7-13-27(25)40-2/h3-7,10-15,18-19,30,32H,8-9,16-17H2,1-2H3/b29-19-. The Morgan fingerprint density at radius 1 is 1.02 bits per heavy atom. The molecule has 2 heterocycles. The van der Waals surface area contributed by atoms with Crippen LogP contribution in [0, 0.1) is 17.0 Å². The summed E-state index contributed by atoms with van der Waals surface area (Å²) in [6, 6.07) is 19.9. The van der Waals surface area contributed by atoms with E-state index in [-0.39, 0.29) is 16.3 Å². The number of nitro benzene ring substituents is 1. The van der Waals surface area contributed by atoms with Crippen LogP contribution in [0.5, 0.6) is 5.75 Å². The minimum atomic E-state index is -4.14. The van der Waals surface area contributed by atoms with Gasteiger partial charge in [-0.05, 0) is 56.2 Å². The second-order valence-corrected chi connectivity index (χ2v) is 11.1. The Morgan fingerprint density at radius 2 is 1.73 bits per heavy atom. The van der Waals surface area contributed by atoms with Crippen LogP contribution in [0.1, 0.15) is 24.1 Å². The second-order valence-electron chi connectivity index (χ2n) is 9.38. The number of ether oxygens (including phenoxy) is 1. The van der Waals surface area contributed by atoms with Gasteiger partial charge in [0.15, 0.2) is 0 Å². The molecule has 0 radical (unpaired) electrons. The number of rotatable bonds is 10. The van der Waals surface area contributed by atoms with E-state index in [1.165, 1.54) is 25.3 Å². The largest absolute Gasteiger partial charge is 0.495 e. The van der Waals surface area contributed by atoms with E-state index in [0.717, 1.165) is 54.8 Å². The molecule has 1 aliphatic heterocycles. The number of anilines is 3. The summed E-state index contributed by atoms with van der Waals surface area (Å²) in [6.07, 6.45) is 3.73. The minimum absolute atomic E-state index is 0.0401. The van der Waals surface area contributed by atoms with Crippen LogP contribution in [0.25, 0.3) is 5.69 Å². The molecular formula is C28H29N7O5S. The molecule has 4 aromatic rings. The third kappa shape index (κ3) is 5.84. The lowest BCUT2D eigenvalue weighted by molar-refractivity contribution is -0.384. The van der Waals surface area contributed by atoms with Crippen LogP contribution < -0.4 is 19.8 Å². The molecule has 1 fully saturated rings. The maximum atomic E-state index is 13.0. The van der Waals surface area contributed by atoms with E-state index in [0.29, 0.717) is 5.75 Å². The highest BCUT2D eigenvalue weighted by Crippen LogP contribution is 2.32. The van der Waals surface area contributed by atoms with Gasteiger partial charge in [-0.25, -0.2) is 13.1 Å². The fraction of sp³-hybridized carbons (Fsp3) is 0.214. The van der Waals surface area contributed by atoms with Crippen molar-refractivity contribution in [1.82, 2.24) is 9.78 Å². The van der Waals surface area contributed by atoms with Crippen molar-refractivity contribution in [3.63, 3.8) is 0 Å². The zero-order valence-corrected chi connectivity index (χ0v) is 23.3. The topological polar surface area (TPSA) is 144 Å². The SMILES string of the molecule is COc1ccccc1NS(=O)(=O)c1ccc(N/N=C\c2c(C)nn(-c3ccccc3)c2N2CCCC2)c([N+](=O)[O-])c1. The first-order valence-corrected chi connectivity index (χ1v) is 14.4. The van der Waals surface area contributed by atoms with Gasteiger partial charge in [0.2, 0.25) is 0 Å². The van der Waals surface area contributed by atoms with Crippen LogP contribution in [-0.4, -0.2) is 49.5 Å². The zero-order chi connectivity index (χ0) is 29.0. The van der Waals surface area contributed by atoms with E-state index >= 15 is 0 Å². The molecule has 1 aliphatic rings. The van der Waals surface area contributed by atoms with E-state index in [9.17, 15) is 18.5 Å². The Morgan fingerprint density at radius 3 is 2.44 bits per heavy atom. The van der Waals surface area contributed by atoms with Crippen LogP contribution in [0.4, 0.5) is 22.9 Å². The van der Waals surface area contributed by atoms with Crippen LogP contribution in [-0.2, 0) is 10.0 Å². The highest BCUT2D eigenvalue weighted by Gasteiger charge is 2.25. The van der Waals surface area contributed by atoms with Gasteiger partial charge in [-0.15, -0.1) is 0 Å². The Hall–Kier alpha value is -4.91. The molecule has 0 bridgehead atoms. The molecule has 1 saturated heterocycles. The van der Waals surface area contributed by atoms with Crippen molar-refractivity contribution in [2.24, 2.45) is 5.10 Å². The summed E-state index contributed by atoms with van der Waals surface area (Å²) in [5, 5.41) is 20.9. The average molecular weight is 576 g/mol. The third-order valence-corrected chi connectivity index (χ3v) is 8.06. The lowest BCUT2D eigenvalue weighted by atomic mass is 10.2. The molecule has 0 unspecified atom stereocenters. The number of nitro groups is 1. The molecule has 0 amide bonds. The molecule has 41 heavy (non-hydrogen) atoms.